The molecule has 0 bridgehead atoms. The van der Waals surface area contributed by atoms with Gasteiger partial charge in [-0.15, -0.1) is 0 Å². The van der Waals surface area contributed by atoms with Gasteiger partial charge in [-0.05, 0) is 45.7 Å². The highest BCUT2D eigenvalue weighted by atomic mass is 16.6. The number of carbonyl (C=O) groups is 2. The zero-order valence-corrected chi connectivity index (χ0v) is 16.5. The van der Waals surface area contributed by atoms with Crippen LogP contribution in [0.4, 0.5) is 5.69 Å². The molecule has 5 heteroatoms. The second kappa shape index (κ2) is 10.6. The highest BCUT2D eigenvalue weighted by molar-refractivity contribution is 6.03. The lowest BCUT2D eigenvalue weighted by Gasteiger charge is -2.32. The van der Waals surface area contributed by atoms with Crippen molar-refractivity contribution in [2.45, 2.75) is 65.7 Å². The number of hydrogen-bond acceptors (Lipinski definition) is 5. The second-order valence-corrected chi connectivity index (χ2v) is 6.68. The van der Waals surface area contributed by atoms with E-state index in [0.717, 1.165) is 24.1 Å². The van der Waals surface area contributed by atoms with Gasteiger partial charge in [-0.2, -0.15) is 0 Å². The lowest BCUT2D eigenvalue weighted by atomic mass is 10.1. The van der Waals surface area contributed by atoms with E-state index in [-0.39, 0.29) is 12.2 Å². The minimum Gasteiger partial charge on any atom is -0.461 e. The Kier molecular flexibility index (Phi) is 8.90. The summed E-state index contributed by atoms with van der Waals surface area (Å²) in [4.78, 5) is 27.3. The molecule has 0 amide bonds. The van der Waals surface area contributed by atoms with Crippen LogP contribution in [0.3, 0.4) is 0 Å². The summed E-state index contributed by atoms with van der Waals surface area (Å²) in [6.07, 6.45) is 2.83. The van der Waals surface area contributed by atoms with Crippen molar-refractivity contribution >= 4 is 23.7 Å². The van der Waals surface area contributed by atoms with E-state index in [9.17, 15) is 9.59 Å². The van der Waals surface area contributed by atoms with Crippen LogP contribution in [0.15, 0.2) is 30.8 Å². The van der Waals surface area contributed by atoms with Gasteiger partial charge in [0.05, 0.1) is 12.2 Å². The number of rotatable bonds is 10. The highest BCUT2D eigenvalue weighted by Crippen LogP contribution is 2.25. The summed E-state index contributed by atoms with van der Waals surface area (Å²) >= 11 is 0. The molecule has 0 aromatic heterocycles. The van der Waals surface area contributed by atoms with Crippen LogP contribution in [0.25, 0.3) is 6.08 Å². The van der Waals surface area contributed by atoms with Gasteiger partial charge in [-0.1, -0.05) is 44.2 Å². The Morgan fingerprint density at radius 1 is 1.08 bits per heavy atom. The molecule has 0 aliphatic rings. The Morgan fingerprint density at radius 2 is 1.62 bits per heavy atom. The smallest absolute Gasteiger partial charge is 0.340 e. The Bertz CT molecular complexity index is 588. The van der Waals surface area contributed by atoms with E-state index in [4.69, 9.17) is 9.47 Å². The van der Waals surface area contributed by atoms with E-state index in [1.807, 2.05) is 24.3 Å². The fourth-order valence-corrected chi connectivity index (χ4v) is 2.58. The molecule has 1 aromatic rings. The number of esters is 2. The number of benzene rings is 1. The van der Waals surface area contributed by atoms with Gasteiger partial charge in [-0.3, -0.25) is 0 Å². The fourth-order valence-electron chi connectivity index (χ4n) is 2.58. The topological polar surface area (TPSA) is 55.8 Å². The summed E-state index contributed by atoms with van der Waals surface area (Å²) in [5.74, 6) is -1.19. The first kappa shape index (κ1) is 21.7. The molecule has 0 atom stereocenters. The first-order chi connectivity index (χ1) is 12.3. The minimum absolute atomic E-state index is 0.320. The highest BCUT2D eigenvalue weighted by Gasteiger charge is 2.37. The Hall–Kier alpha value is -2.30. The lowest BCUT2D eigenvalue weighted by molar-refractivity contribution is -0.161. The van der Waals surface area contributed by atoms with Gasteiger partial charge < -0.3 is 14.4 Å². The standard InChI is InChI=1S/C21H31NO4/c1-7-9-14-22(18-13-11-10-12-17(18)8-2)19(20(23)25-15(3)4)21(24)26-16(5)6/h8,10-13,15-16,19H,2,7,9,14H2,1,3-6H3. The molecule has 0 heterocycles. The molecule has 26 heavy (non-hydrogen) atoms. The molecule has 0 radical (unpaired) electrons. The molecule has 0 aliphatic carbocycles. The van der Waals surface area contributed by atoms with Crippen molar-refractivity contribution in [1.82, 2.24) is 0 Å². The third-order valence-corrected chi connectivity index (χ3v) is 3.68. The predicted octanol–water partition coefficient (Wildman–Crippen LogP) is 4.21. The van der Waals surface area contributed by atoms with Crippen molar-refractivity contribution < 1.29 is 19.1 Å². The molecule has 5 nitrogen and oxygen atoms in total. The monoisotopic (exact) mass is 361 g/mol. The van der Waals surface area contributed by atoms with Crippen molar-refractivity contribution in [3.63, 3.8) is 0 Å². The second-order valence-electron chi connectivity index (χ2n) is 6.68. The quantitative estimate of drug-likeness (QED) is 0.462. The van der Waals surface area contributed by atoms with E-state index in [1.165, 1.54) is 0 Å². The van der Waals surface area contributed by atoms with Crippen molar-refractivity contribution in [1.29, 1.82) is 0 Å². The number of carbonyl (C=O) groups excluding carboxylic acids is 2. The summed E-state index contributed by atoms with van der Waals surface area (Å²) in [6, 6.07) is 6.41. The molecule has 0 N–H and O–H groups in total. The average Bonchev–Trinajstić information content (AvgIpc) is 2.56. The molecular weight excluding hydrogens is 330 g/mol. The van der Waals surface area contributed by atoms with E-state index in [1.54, 1.807) is 38.7 Å². The molecule has 144 valence electrons. The third-order valence-electron chi connectivity index (χ3n) is 3.68. The summed E-state index contributed by atoms with van der Waals surface area (Å²) in [5, 5.41) is 0. The third kappa shape index (κ3) is 6.21. The molecule has 0 aliphatic heterocycles. The molecule has 0 saturated heterocycles. The minimum atomic E-state index is -1.15. The van der Waals surface area contributed by atoms with Gasteiger partial charge in [0, 0.05) is 12.2 Å². The summed E-state index contributed by atoms with van der Waals surface area (Å²) in [5.41, 5.74) is 1.62. The summed E-state index contributed by atoms with van der Waals surface area (Å²) in [7, 11) is 0. The van der Waals surface area contributed by atoms with Gasteiger partial charge in [0.25, 0.3) is 0 Å². The molecule has 0 saturated carbocycles. The van der Waals surface area contributed by atoms with E-state index in [0.29, 0.717) is 6.54 Å². The van der Waals surface area contributed by atoms with Crippen LogP contribution in [0.1, 0.15) is 53.0 Å². The van der Waals surface area contributed by atoms with Crippen LogP contribution < -0.4 is 4.90 Å². The largest absolute Gasteiger partial charge is 0.461 e. The van der Waals surface area contributed by atoms with Crippen LogP contribution in [0.2, 0.25) is 0 Å². The number of ether oxygens (including phenoxy) is 2. The predicted molar refractivity (Wildman–Crippen MR) is 105 cm³/mol. The maximum Gasteiger partial charge on any atom is 0.340 e. The van der Waals surface area contributed by atoms with Gasteiger partial charge in [-0.25, -0.2) is 9.59 Å². The Balaban J connectivity index is 3.37. The molecule has 0 unspecified atom stereocenters. The van der Waals surface area contributed by atoms with Crippen LogP contribution >= 0.6 is 0 Å². The van der Waals surface area contributed by atoms with Crippen molar-refractivity contribution in [3.05, 3.63) is 36.4 Å². The zero-order valence-electron chi connectivity index (χ0n) is 16.5. The SMILES string of the molecule is C=Cc1ccccc1N(CCCC)C(C(=O)OC(C)C)C(=O)OC(C)C. The van der Waals surface area contributed by atoms with Crippen molar-refractivity contribution in [2.24, 2.45) is 0 Å². The molecular formula is C21H31NO4. The first-order valence-corrected chi connectivity index (χ1v) is 9.20. The van der Waals surface area contributed by atoms with Crippen LogP contribution in [0, 0.1) is 0 Å². The molecule has 0 fully saturated rings. The van der Waals surface area contributed by atoms with E-state index < -0.39 is 18.0 Å². The number of unbranched alkanes of at least 4 members (excludes halogenated alkanes) is 1. The van der Waals surface area contributed by atoms with Crippen LogP contribution in [-0.2, 0) is 19.1 Å². The van der Waals surface area contributed by atoms with Crippen molar-refractivity contribution in [2.75, 3.05) is 11.4 Å². The summed E-state index contributed by atoms with van der Waals surface area (Å²) in [6.45, 7) is 13.5. The van der Waals surface area contributed by atoms with Gasteiger partial charge >= 0.3 is 11.9 Å². The number of para-hydroxylation sites is 1. The van der Waals surface area contributed by atoms with E-state index >= 15 is 0 Å². The number of nitrogens with zero attached hydrogens (tertiary/aromatic N) is 1. The molecule has 1 aromatic carbocycles. The average molecular weight is 361 g/mol. The van der Waals surface area contributed by atoms with Gasteiger partial charge in [0.2, 0.25) is 6.04 Å². The summed E-state index contributed by atoms with van der Waals surface area (Å²) < 4.78 is 10.7. The molecule has 0 spiro atoms. The first-order valence-electron chi connectivity index (χ1n) is 9.20. The van der Waals surface area contributed by atoms with Crippen molar-refractivity contribution in [3.8, 4) is 0 Å². The normalized spacial score (nSPS) is 10.9. The Labute approximate surface area is 157 Å². The zero-order chi connectivity index (χ0) is 19.7. The maximum atomic E-state index is 12.8. The number of hydrogen-bond donors (Lipinski definition) is 0. The van der Waals surface area contributed by atoms with Gasteiger partial charge in [0.1, 0.15) is 0 Å². The lowest BCUT2D eigenvalue weighted by Crippen LogP contribution is -2.50. The van der Waals surface area contributed by atoms with E-state index in [2.05, 4.69) is 13.5 Å². The van der Waals surface area contributed by atoms with Crippen LogP contribution in [-0.4, -0.2) is 36.7 Å². The number of anilines is 1. The van der Waals surface area contributed by atoms with Gasteiger partial charge in [0.15, 0.2) is 0 Å². The Morgan fingerprint density at radius 3 is 2.08 bits per heavy atom. The fraction of sp³-hybridized carbons (Fsp3) is 0.524. The molecule has 1 rings (SSSR count). The maximum absolute atomic E-state index is 12.8. The van der Waals surface area contributed by atoms with Crippen LogP contribution in [0.5, 0.6) is 0 Å².